The Morgan fingerprint density at radius 3 is 2.72 bits per heavy atom. The number of amides is 2. The molecular weight excluding hydrogens is 498 g/mol. The molecule has 1 unspecified atom stereocenters. The molecule has 1 fully saturated rings. The molecule has 1 aliphatic carbocycles. The molecule has 2 heterocycles. The van der Waals surface area contributed by atoms with Crippen molar-refractivity contribution in [3.63, 3.8) is 0 Å². The molecule has 0 spiro atoms. The Morgan fingerprint density at radius 1 is 1.13 bits per heavy atom. The quantitative estimate of drug-likeness (QED) is 0.405. The van der Waals surface area contributed by atoms with E-state index < -0.39 is 12.2 Å². The number of hydrazone groups is 1. The van der Waals surface area contributed by atoms with Crippen molar-refractivity contribution < 1.29 is 23.8 Å². The average molecular weight is 530 g/mol. The molecule has 10 heteroatoms. The minimum Gasteiger partial charge on any atom is -0.493 e. The summed E-state index contributed by atoms with van der Waals surface area (Å²) in [7, 11) is 1.62. The SMILES string of the molecule is CCC1OC(=O)N(Cc2cccc(NC(=O)c3cnccn3)c2)N=C1c1ccc(OC)c(OC2CCCC2)c1. The van der Waals surface area contributed by atoms with Crippen LogP contribution in [0.5, 0.6) is 11.5 Å². The number of benzene rings is 2. The van der Waals surface area contributed by atoms with Gasteiger partial charge in [-0.15, -0.1) is 0 Å². The van der Waals surface area contributed by atoms with Gasteiger partial charge in [-0.3, -0.25) is 9.78 Å². The van der Waals surface area contributed by atoms with Gasteiger partial charge in [0, 0.05) is 23.6 Å². The van der Waals surface area contributed by atoms with Crippen molar-refractivity contribution in [1.82, 2.24) is 15.0 Å². The van der Waals surface area contributed by atoms with E-state index in [0.717, 1.165) is 36.8 Å². The third kappa shape index (κ3) is 6.17. The van der Waals surface area contributed by atoms with Crippen LogP contribution in [0.1, 0.15) is 60.6 Å². The molecule has 1 atom stereocenters. The van der Waals surface area contributed by atoms with Crippen molar-refractivity contribution in [1.29, 1.82) is 0 Å². The van der Waals surface area contributed by atoms with Crippen molar-refractivity contribution >= 4 is 23.4 Å². The highest BCUT2D eigenvalue weighted by molar-refractivity contribution is 6.06. The summed E-state index contributed by atoms with van der Waals surface area (Å²) < 4.78 is 17.6. The fourth-order valence-corrected chi connectivity index (χ4v) is 4.74. The maximum Gasteiger partial charge on any atom is 0.431 e. The van der Waals surface area contributed by atoms with Crippen molar-refractivity contribution in [3.8, 4) is 11.5 Å². The largest absolute Gasteiger partial charge is 0.493 e. The van der Waals surface area contributed by atoms with Crippen LogP contribution in [0.4, 0.5) is 10.5 Å². The summed E-state index contributed by atoms with van der Waals surface area (Å²) in [6.45, 7) is 2.11. The van der Waals surface area contributed by atoms with Crippen LogP contribution in [0, 0.1) is 0 Å². The molecule has 3 aromatic rings. The number of anilines is 1. The highest BCUT2D eigenvalue weighted by Gasteiger charge is 2.31. The van der Waals surface area contributed by atoms with Gasteiger partial charge in [0.05, 0.1) is 26.0 Å². The zero-order valence-corrected chi connectivity index (χ0v) is 22.0. The Kier molecular flexibility index (Phi) is 8.00. The predicted molar refractivity (Wildman–Crippen MR) is 145 cm³/mol. The lowest BCUT2D eigenvalue weighted by atomic mass is 10.0. The Balaban J connectivity index is 1.37. The summed E-state index contributed by atoms with van der Waals surface area (Å²) in [6.07, 6.45) is 8.45. The van der Waals surface area contributed by atoms with Gasteiger partial charge in [0.25, 0.3) is 5.91 Å². The Bertz CT molecular complexity index is 1360. The summed E-state index contributed by atoms with van der Waals surface area (Å²) in [5, 5.41) is 8.83. The van der Waals surface area contributed by atoms with Gasteiger partial charge in [-0.1, -0.05) is 19.1 Å². The van der Waals surface area contributed by atoms with Crippen LogP contribution in [0.15, 0.2) is 66.2 Å². The average Bonchev–Trinajstić information content (AvgIpc) is 3.47. The van der Waals surface area contributed by atoms with Gasteiger partial charge >= 0.3 is 6.09 Å². The lowest BCUT2D eigenvalue weighted by molar-refractivity contribution is 0.0712. The smallest absolute Gasteiger partial charge is 0.431 e. The number of rotatable bonds is 9. The number of nitrogens with one attached hydrogen (secondary N) is 1. The van der Waals surface area contributed by atoms with Crippen LogP contribution < -0.4 is 14.8 Å². The highest BCUT2D eigenvalue weighted by atomic mass is 16.6. The Labute approximate surface area is 227 Å². The van der Waals surface area contributed by atoms with E-state index in [2.05, 4.69) is 15.3 Å². The number of hydrogen-bond acceptors (Lipinski definition) is 8. The van der Waals surface area contributed by atoms with E-state index in [4.69, 9.17) is 19.3 Å². The number of cyclic esters (lactones) is 1. The molecule has 1 aromatic heterocycles. The second-order valence-electron chi connectivity index (χ2n) is 9.46. The maximum absolute atomic E-state index is 12.9. The van der Waals surface area contributed by atoms with E-state index in [1.165, 1.54) is 23.6 Å². The van der Waals surface area contributed by atoms with Crippen molar-refractivity contribution in [2.75, 3.05) is 12.4 Å². The summed E-state index contributed by atoms with van der Waals surface area (Å²) in [4.78, 5) is 33.3. The topological polar surface area (TPSA) is 115 Å². The van der Waals surface area contributed by atoms with E-state index in [0.29, 0.717) is 29.3 Å². The number of carbonyl (C=O) groups excluding carboxylic acids is 2. The number of aromatic nitrogens is 2. The number of hydrogen-bond donors (Lipinski definition) is 1. The molecular formula is C29H31N5O5. The van der Waals surface area contributed by atoms with E-state index in [1.54, 1.807) is 25.3 Å². The van der Waals surface area contributed by atoms with Gasteiger partial charge in [0.1, 0.15) is 17.5 Å². The van der Waals surface area contributed by atoms with Gasteiger partial charge in [0.15, 0.2) is 11.5 Å². The first-order valence-electron chi connectivity index (χ1n) is 13.1. The molecule has 202 valence electrons. The minimum atomic E-state index is -0.532. The van der Waals surface area contributed by atoms with E-state index in [9.17, 15) is 9.59 Å². The Morgan fingerprint density at radius 2 is 1.97 bits per heavy atom. The van der Waals surface area contributed by atoms with Gasteiger partial charge < -0.3 is 19.5 Å². The van der Waals surface area contributed by atoms with Gasteiger partial charge in [-0.25, -0.2) is 9.78 Å². The first-order valence-corrected chi connectivity index (χ1v) is 13.1. The van der Waals surface area contributed by atoms with Crippen LogP contribution in [0.2, 0.25) is 0 Å². The van der Waals surface area contributed by atoms with Gasteiger partial charge in [0.2, 0.25) is 0 Å². The Hall–Kier alpha value is -4.47. The molecule has 5 rings (SSSR count). The van der Waals surface area contributed by atoms with Crippen LogP contribution in [0.3, 0.4) is 0 Å². The van der Waals surface area contributed by atoms with Gasteiger partial charge in [-0.2, -0.15) is 10.1 Å². The second-order valence-corrected chi connectivity index (χ2v) is 9.46. The second kappa shape index (κ2) is 11.9. The number of carbonyl (C=O) groups is 2. The first-order chi connectivity index (χ1) is 19.0. The zero-order valence-electron chi connectivity index (χ0n) is 22.0. The van der Waals surface area contributed by atoms with Crippen LogP contribution in [0.25, 0.3) is 0 Å². The summed E-state index contributed by atoms with van der Waals surface area (Å²) in [5.74, 6) is 0.942. The maximum atomic E-state index is 12.9. The summed E-state index contributed by atoms with van der Waals surface area (Å²) in [5.41, 5.74) is 2.98. The summed E-state index contributed by atoms with van der Waals surface area (Å²) >= 11 is 0. The van der Waals surface area contributed by atoms with Crippen molar-refractivity contribution in [2.24, 2.45) is 5.10 Å². The van der Waals surface area contributed by atoms with Crippen molar-refractivity contribution in [2.45, 2.75) is 57.8 Å². The molecule has 39 heavy (non-hydrogen) atoms. The zero-order chi connectivity index (χ0) is 27.2. The van der Waals surface area contributed by atoms with Gasteiger partial charge in [-0.05, 0) is 68.0 Å². The standard InChI is InChI=1S/C29H31N5O5/c1-3-24-27(20-11-12-25(37-2)26(16-20)38-22-9-4-5-10-22)33-34(29(36)39-24)18-19-7-6-8-21(15-19)32-28(35)23-17-30-13-14-31-23/h6-8,11-17,22,24H,3-5,9-10,18H2,1-2H3,(H,32,35). The monoisotopic (exact) mass is 529 g/mol. The highest BCUT2D eigenvalue weighted by Crippen LogP contribution is 2.34. The lowest BCUT2D eigenvalue weighted by Crippen LogP contribution is -2.41. The number of nitrogens with zero attached hydrogens (tertiary/aromatic N) is 4. The normalized spacial score (nSPS) is 17.4. The van der Waals surface area contributed by atoms with E-state index in [-0.39, 0.29) is 24.2 Å². The molecule has 1 aliphatic heterocycles. The first kappa shape index (κ1) is 26.1. The fourth-order valence-electron chi connectivity index (χ4n) is 4.74. The molecule has 1 saturated carbocycles. The van der Waals surface area contributed by atoms with E-state index in [1.807, 2.05) is 31.2 Å². The molecule has 10 nitrogen and oxygen atoms in total. The molecule has 0 radical (unpaired) electrons. The number of ether oxygens (including phenoxy) is 3. The molecule has 2 aromatic carbocycles. The predicted octanol–water partition coefficient (Wildman–Crippen LogP) is 5.19. The molecule has 1 N–H and O–H groups in total. The summed E-state index contributed by atoms with van der Waals surface area (Å²) in [6, 6.07) is 12.9. The molecule has 2 amide bonds. The van der Waals surface area contributed by atoms with Crippen LogP contribution in [-0.2, 0) is 11.3 Å². The molecule has 0 bridgehead atoms. The fraction of sp³-hybridized carbons (Fsp3) is 0.345. The minimum absolute atomic E-state index is 0.162. The number of methoxy groups -OCH3 is 1. The third-order valence-corrected chi connectivity index (χ3v) is 6.73. The molecule has 2 aliphatic rings. The van der Waals surface area contributed by atoms with Crippen LogP contribution in [-0.4, -0.2) is 52.0 Å². The van der Waals surface area contributed by atoms with Crippen LogP contribution >= 0.6 is 0 Å². The van der Waals surface area contributed by atoms with E-state index >= 15 is 0 Å². The van der Waals surface area contributed by atoms with Crippen molar-refractivity contribution in [3.05, 3.63) is 77.9 Å². The molecule has 0 saturated heterocycles. The third-order valence-electron chi connectivity index (χ3n) is 6.73. The lowest BCUT2D eigenvalue weighted by Gasteiger charge is -2.29.